The summed E-state index contributed by atoms with van der Waals surface area (Å²) in [7, 11) is 0. The first-order valence-electron chi connectivity index (χ1n) is 4.85. The van der Waals surface area contributed by atoms with Crippen molar-refractivity contribution in [1.29, 1.82) is 0 Å². The maximum Gasteiger partial charge on any atom is 0.0138 e. The fraction of sp³-hybridized carbons (Fsp3) is 0.500. The highest BCUT2D eigenvalue weighted by molar-refractivity contribution is 7.98. The van der Waals surface area contributed by atoms with Crippen LogP contribution >= 0.6 is 11.8 Å². The van der Waals surface area contributed by atoms with Crippen LogP contribution in [-0.2, 0) is 6.42 Å². The number of thioether (sulfide) groups is 1. The van der Waals surface area contributed by atoms with Crippen LogP contribution in [0.1, 0.15) is 25.0 Å². The molecule has 0 aromatic heterocycles. The molecule has 0 fully saturated rings. The topological polar surface area (TPSA) is 26.0 Å². The molecular weight excluding hydrogens is 190 g/mol. The van der Waals surface area contributed by atoms with Gasteiger partial charge in [0.2, 0.25) is 0 Å². The van der Waals surface area contributed by atoms with Crippen molar-refractivity contribution in [3.8, 4) is 0 Å². The average molecular weight is 209 g/mol. The zero-order chi connectivity index (χ0) is 10.8. The van der Waals surface area contributed by atoms with Gasteiger partial charge in [-0.1, -0.05) is 12.1 Å². The number of hydrogen-bond donors (Lipinski definition) is 1. The van der Waals surface area contributed by atoms with Gasteiger partial charge < -0.3 is 5.73 Å². The number of nitrogens with two attached hydrogens (primary N) is 1. The van der Waals surface area contributed by atoms with E-state index in [-0.39, 0.29) is 5.54 Å². The molecular formula is C12H19NS. The van der Waals surface area contributed by atoms with Gasteiger partial charge in [0.25, 0.3) is 0 Å². The second kappa shape index (κ2) is 4.37. The van der Waals surface area contributed by atoms with Gasteiger partial charge in [0, 0.05) is 10.4 Å². The van der Waals surface area contributed by atoms with Gasteiger partial charge >= 0.3 is 0 Å². The maximum absolute atomic E-state index is 5.99. The zero-order valence-corrected chi connectivity index (χ0v) is 10.2. The lowest BCUT2D eigenvalue weighted by molar-refractivity contribution is 0.516. The van der Waals surface area contributed by atoms with Gasteiger partial charge in [-0.15, -0.1) is 11.8 Å². The molecule has 1 nitrogen and oxygen atoms in total. The molecule has 14 heavy (non-hydrogen) atoms. The molecule has 0 spiro atoms. The lowest BCUT2D eigenvalue weighted by Gasteiger charge is -2.19. The van der Waals surface area contributed by atoms with Crippen molar-refractivity contribution in [3.05, 3.63) is 29.3 Å². The molecule has 1 aromatic carbocycles. The summed E-state index contributed by atoms with van der Waals surface area (Å²) in [5, 5.41) is 0. The first-order valence-corrected chi connectivity index (χ1v) is 6.07. The number of benzene rings is 1. The molecule has 0 unspecified atom stereocenters. The van der Waals surface area contributed by atoms with Crippen molar-refractivity contribution in [2.24, 2.45) is 5.73 Å². The molecule has 0 amide bonds. The standard InChI is InChI=1S/C12H19NS/c1-9-5-6-10(7-11(9)14-4)8-12(2,3)13/h5-7H,8,13H2,1-4H3. The Morgan fingerprint density at radius 2 is 2.00 bits per heavy atom. The fourth-order valence-corrected chi connectivity index (χ4v) is 2.16. The van der Waals surface area contributed by atoms with Crippen LogP contribution in [0.4, 0.5) is 0 Å². The molecule has 2 N–H and O–H groups in total. The first-order chi connectivity index (χ1) is 6.42. The van der Waals surface area contributed by atoms with Gasteiger partial charge in [0.05, 0.1) is 0 Å². The van der Waals surface area contributed by atoms with Crippen LogP contribution in [0.15, 0.2) is 23.1 Å². The van der Waals surface area contributed by atoms with Crippen molar-refractivity contribution < 1.29 is 0 Å². The smallest absolute Gasteiger partial charge is 0.0138 e. The predicted molar refractivity (Wildman–Crippen MR) is 64.9 cm³/mol. The molecule has 0 bridgehead atoms. The largest absolute Gasteiger partial charge is 0.325 e. The van der Waals surface area contributed by atoms with Gasteiger partial charge in [0.15, 0.2) is 0 Å². The molecule has 0 aliphatic carbocycles. The van der Waals surface area contributed by atoms with E-state index in [9.17, 15) is 0 Å². The number of hydrogen-bond acceptors (Lipinski definition) is 2. The second-order valence-corrected chi connectivity index (χ2v) is 5.32. The minimum Gasteiger partial charge on any atom is -0.325 e. The zero-order valence-electron chi connectivity index (χ0n) is 9.42. The Hall–Kier alpha value is -0.470. The Morgan fingerprint density at radius 1 is 1.36 bits per heavy atom. The number of rotatable bonds is 3. The van der Waals surface area contributed by atoms with E-state index in [0.717, 1.165) is 6.42 Å². The van der Waals surface area contributed by atoms with Crippen LogP contribution in [0.3, 0.4) is 0 Å². The van der Waals surface area contributed by atoms with Crippen LogP contribution in [0.25, 0.3) is 0 Å². The van der Waals surface area contributed by atoms with Crippen molar-refractivity contribution in [3.63, 3.8) is 0 Å². The van der Waals surface area contributed by atoms with Gasteiger partial charge in [-0.05, 0) is 50.6 Å². The fourth-order valence-electron chi connectivity index (χ4n) is 1.50. The molecule has 0 radical (unpaired) electrons. The minimum atomic E-state index is -0.120. The molecule has 78 valence electrons. The monoisotopic (exact) mass is 209 g/mol. The highest BCUT2D eigenvalue weighted by Crippen LogP contribution is 2.22. The molecule has 1 rings (SSSR count). The number of aryl methyl sites for hydroxylation is 1. The third-order valence-electron chi connectivity index (χ3n) is 2.13. The van der Waals surface area contributed by atoms with Gasteiger partial charge in [0.1, 0.15) is 0 Å². The molecule has 0 atom stereocenters. The molecule has 0 aliphatic heterocycles. The summed E-state index contributed by atoms with van der Waals surface area (Å²) in [5.41, 5.74) is 8.54. The Balaban J connectivity index is 2.90. The third-order valence-corrected chi connectivity index (χ3v) is 3.01. The highest BCUT2D eigenvalue weighted by atomic mass is 32.2. The van der Waals surface area contributed by atoms with E-state index >= 15 is 0 Å². The predicted octanol–water partition coefficient (Wildman–Crippen LogP) is 3.00. The summed E-state index contributed by atoms with van der Waals surface area (Å²) < 4.78 is 0. The summed E-state index contributed by atoms with van der Waals surface area (Å²) in [6, 6.07) is 6.59. The van der Waals surface area contributed by atoms with Crippen LogP contribution in [0.5, 0.6) is 0 Å². The molecule has 1 aromatic rings. The Bertz CT molecular complexity index is 313. The summed E-state index contributed by atoms with van der Waals surface area (Å²) in [5.74, 6) is 0. The average Bonchev–Trinajstić information content (AvgIpc) is 2.06. The Kier molecular flexibility index (Phi) is 3.62. The molecule has 2 heteroatoms. The van der Waals surface area contributed by atoms with E-state index in [1.165, 1.54) is 16.0 Å². The van der Waals surface area contributed by atoms with E-state index in [4.69, 9.17) is 5.73 Å². The summed E-state index contributed by atoms with van der Waals surface area (Å²) >= 11 is 1.79. The van der Waals surface area contributed by atoms with E-state index in [1.807, 2.05) is 0 Å². The lowest BCUT2D eigenvalue weighted by Crippen LogP contribution is -2.34. The van der Waals surface area contributed by atoms with E-state index < -0.39 is 0 Å². The van der Waals surface area contributed by atoms with Crippen LogP contribution in [0, 0.1) is 6.92 Å². The maximum atomic E-state index is 5.99. The Labute approximate surface area is 91.1 Å². The van der Waals surface area contributed by atoms with Crippen molar-refractivity contribution >= 4 is 11.8 Å². The van der Waals surface area contributed by atoms with Crippen molar-refractivity contribution in [2.45, 2.75) is 37.6 Å². The normalized spacial score (nSPS) is 11.8. The Morgan fingerprint density at radius 3 is 2.50 bits per heavy atom. The second-order valence-electron chi connectivity index (χ2n) is 4.47. The van der Waals surface area contributed by atoms with Gasteiger partial charge in [-0.2, -0.15) is 0 Å². The first kappa shape index (κ1) is 11.6. The SMILES string of the molecule is CSc1cc(CC(C)(C)N)ccc1C. The van der Waals surface area contributed by atoms with E-state index in [0.29, 0.717) is 0 Å². The minimum absolute atomic E-state index is 0.120. The lowest BCUT2D eigenvalue weighted by atomic mass is 9.96. The third kappa shape index (κ3) is 3.35. The highest BCUT2D eigenvalue weighted by Gasteiger charge is 2.12. The quantitative estimate of drug-likeness (QED) is 0.774. The van der Waals surface area contributed by atoms with E-state index in [2.05, 4.69) is 45.2 Å². The van der Waals surface area contributed by atoms with Crippen molar-refractivity contribution in [1.82, 2.24) is 0 Å². The van der Waals surface area contributed by atoms with Gasteiger partial charge in [-0.3, -0.25) is 0 Å². The van der Waals surface area contributed by atoms with Gasteiger partial charge in [-0.25, -0.2) is 0 Å². The molecule has 0 saturated heterocycles. The van der Waals surface area contributed by atoms with Crippen LogP contribution in [0.2, 0.25) is 0 Å². The summed E-state index contributed by atoms with van der Waals surface area (Å²) in [4.78, 5) is 1.35. The van der Waals surface area contributed by atoms with E-state index in [1.54, 1.807) is 11.8 Å². The van der Waals surface area contributed by atoms with Crippen molar-refractivity contribution in [2.75, 3.05) is 6.26 Å². The molecule has 0 saturated carbocycles. The summed E-state index contributed by atoms with van der Waals surface area (Å²) in [6.45, 7) is 6.26. The molecule has 0 heterocycles. The van der Waals surface area contributed by atoms with Crippen LogP contribution in [-0.4, -0.2) is 11.8 Å². The molecule has 0 aliphatic rings. The summed E-state index contributed by atoms with van der Waals surface area (Å²) in [6.07, 6.45) is 3.04. The van der Waals surface area contributed by atoms with Crippen LogP contribution < -0.4 is 5.73 Å².